The van der Waals surface area contributed by atoms with E-state index in [0.717, 1.165) is 18.7 Å². The second kappa shape index (κ2) is 8.53. The molecule has 0 unspecified atom stereocenters. The van der Waals surface area contributed by atoms with Gasteiger partial charge in [-0.05, 0) is 38.0 Å². The van der Waals surface area contributed by atoms with Crippen LogP contribution in [0.5, 0.6) is 0 Å². The molecule has 1 aromatic heterocycles. The van der Waals surface area contributed by atoms with Crippen LogP contribution in [0.4, 0.5) is 0 Å². The third-order valence-electron chi connectivity index (χ3n) is 3.74. The predicted molar refractivity (Wildman–Crippen MR) is 92.2 cm³/mol. The van der Waals surface area contributed by atoms with E-state index in [-0.39, 0.29) is 5.91 Å². The Morgan fingerprint density at radius 1 is 1.13 bits per heavy atom. The third kappa shape index (κ3) is 5.25. The van der Waals surface area contributed by atoms with Gasteiger partial charge < -0.3 is 9.73 Å². The molecule has 0 atom stereocenters. The molecule has 4 nitrogen and oxygen atoms in total. The molecule has 0 saturated carbocycles. The van der Waals surface area contributed by atoms with Crippen molar-refractivity contribution in [1.29, 1.82) is 0 Å². The molecule has 0 radical (unpaired) electrons. The Balaban J connectivity index is 2.00. The van der Waals surface area contributed by atoms with E-state index in [9.17, 15) is 4.79 Å². The molecular formula is C19H26N2O2. The van der Waals surface area contributed by atoms with Crippen LogP contribution in [-0.4, -0.2) is 23.4 Å². The highest BCUT2D eigenvalue weighted by Crippen LogP contribution is 2.15. The number of hydrogen-bond donors (Lipinski definition) is 1. The van der Waals surface area contributed by atoms with Gasteiger partial charge in [0, 0.05) is 19.1 Å². The van der Waals surface area contributed by atoms with Crippen molar-refractivity contribution in [3.05, 3.63) is 59.5 Å². The van der Waals surface area contributed by atoms with Gasteiger partial charge in [0.2, 0.25) is 0 Å². The normalized spacial score (nSPS) is 11.2. The molecule has 0 saturated heterocycles. The summed E-state index contributed by atoms with van der Waals surface area (Å²) >= 11 is 0. The quantitative estimate of drug-likeness (QED) is 0.805. The lowest BCUT2D eigenvalue weighted by molar-refractivity contribution is 0.0920. The minimum Gasteiger partial charge on any atom is -0.455 e. The predicted octanol–water partition coefficient (Wildman–Crippen LogP) is 3.83. The molecule has 1 heterocycles. The molecule has 4 heteroatoms. The van der Waals surface area contributed by atoms with Gasteiger partial charge >= 0.3 is 0 Å². The Hall–Kier alpha value is -2.07. The Morgan fingerprint density at radius 3 is 2.52 bits per heavy atom. The molecule has 124 valence electrons. The standard InChI is InChI=1S/C19H26N2O2/c1-4-12-20-19(22)18-11-10-17(23-18)14-21(15(2)3)13-16-8-6-5-7-9-16/h5-11,15H,4,12-14H2,1-3H3,(H,20,22). The van der Waals surface area contributed by atoms with Crippen molar-refractivity contribution in [2.75, 3.05) is 6.54 Å². The molecule has 1 aromatic carbocycles. The van der Waals surface area contributed by atoms with Crippen LogP contribution >= 0.6 is 0 Å². The summed E-state index contributed by atoms with van der Waals surface area (Å²) in [6, 6.07) is 14.4. The summed E-state index contributed by atoms with van der Waals surface area (Å²) in [5.74, 6) is 1.06. The fraction of sp³-hybridized carbons (Fsp3) is 0.421. The number of furan rings is 1. The van der Waals surface area contributed by atoms with Crippen LogP contribution in [-0.2, 0) is 13.1 Å². The number of benzene rings is 1. The lowest BCUT2D eigenvalue weighted by Gasteiger charge is -2.25. The van der Waals surface area contributed by atoms with Gasteiger partial charge in [-0.1, -0.05) is 37.3 Å². The van der Waals surface area contributed by atoms with E-state index < -0.39 is 0 Å². The zero-order chi connectivity index (χ0) is 16.7. The SMILES string of the molecule is CCCNC(=O)c1ccc(CN(Cc2ccccc2)C(C)C)o1. The molecule has 0 spiro atoms. The van der Waals surface area contributed by atoms with Crippen molar-refractivity contribution in [2.24, 2.45) is 0 Å². The van der Waals surface area contributed by atoms with Gasteiger partial charge in [-0.3, -0.25) is 9.69 Å². The molecule has 1 N–H and O–H groups in total. The number of rotatable bonds is 8. The molecule has 0 fully saturated rings. The van der Waals surface area contributed by atoms with Crippen LogP contribution in [0.15, 0.2) is 46.9 Å². The third-order valence-corrected chi connectivity index (χ3v) is 3.74. The van der Waals surface area contributed by atoms with Gasteiger partial charge in [0.25, 0.3) is 5.91 Å². The topological polar surface area (TPSA) is 45.5 Å². The van der Waals surface area contributed by atoms with Crippen molar-refractivity contribution < 1.29 is 9.21 Å². The number of carbonyl (C=O) groups is 1. The van der Waals surface area contributed by atoms with Gasteiger partial charge in [-0.2, -0.15) is 0 Å². The lowest BCUT2D eigenvalue weighted by Crippen LogP contribution is -2.29. The van der Waals surface area contributed by atoms with Crippen LogP contribution in [0.25, 0.3) is 0 Å². The summed E-state index contributed by atoms with van der Waals surface area (Å²) in [6.45, 7) is 8.57. The average molecular weight is 314 g/mol. The number of nitrogens with zero attached hydrogens (tertiary/aromatic N) is 1. The minimum atomic E-state index is -0.141. The second-order valence-corrected chi connectivity index (χ2v) is 6.01. The number of carbonyl (C=O) groups excluding carboxylic acids is 1. The Morgan fingerprint density at radius 2 is 1.87 bits per heavy atom. The Kier molecular flexibility index (Phi) is 6.41. The summed E-state index contributed by atoms with van der Waals surface area (Å²) < 4.78 is 5.71. The Bertz CT molecular complexity index is 605. The highest BCUT2D eigenvalue weighted by atomic mass is 16.4. The monoisotopic (exact) mass is 314 g/mol. The maximum absolute atomic E-state index is 11.9. The molecular weight excluding hydrogens is 288 g/mol. The highest BCUT2D eigenvalue weighted by Gasteiger charge is 2.15. The van der Waals surface area contributed by atoms with Crippen LogP contribution < -0.4 is 5.32 Å². The summed E-state index contributed by atoms with van der Waals surface area (Å²) in [6.07, 6.45) is 0.914. The second-order valence-electron chi connectivity index (χ2n) is 6.01. The van der Waals surface area contributed by atoms with Gasteiger partial charge in [-0.25, -0.2) is 0 Å². The molecule has 2 rings (SSSR count). The zero-order valence-electron chi connectivity index (χ0n) is 14.2. The molecule has 0 aliphatic carbocycles. The summed E-state index contributed by atoms with van der Waals surface area (Å²) in [5.41, 5.74) is 1.27. The fourth-order valence-corrected chi connectivity index (χ4v) is 2.35. The van der Waals surface area contributed by atoms with E-state index in [1.807, 2.05) is 19.1 Å². The van der Waals surface area contributed by atoms with Crippen LogP contribution in [0.3, 0.4) is 0 Å². The van der Waals surface area contributed by atoms with Crippen molar-refractivity contribution in [3.8, 4) is 0 Å². The van der Waals surface area contributed by atoms with Gasteiger partial charge in [0.1, 0.15) is 5.76 Å². The van der Waals surface area contributed by atoms with E-state index in [4.69, 9.17) is 4.42 Å². The maximum atomic E-state index is 11.9. The first-order valence-electron chi connectivity index (χ1n) is 8.25. The van der Waals surface area contributed by atoms with Crippen LogP contribution in [0.2, 0.25) is 0 Å². The van der Waals surface area contributed by atoms with Crippen molar-refractivity contribution in [1.82, 2.24) is 10.2 Å². The van der Waals surface area contributed by atoms with Crippen molar-refractivity contribution in [3.63, 3.8) is 0 Å². The van der Waals surface area contributed by atoms with E-state index >= 15 is 0 Å². The zero-order valence-corrected chi connectivity index (χ0v) is 14.2. The van der Waals surface area contributed by atoms with E-state index in [0.29, 0.717) is 24.9 Å². The lowest BCUT2D eigenvalue weighted by atomic mass is 10.2. The number of amides is 1. The summed E-state index contributed by atoms with van der Waals surface area (Å²) in [7, 11) is 0. The fourth-order valence-electron chi connectivity index (χ4n) is 2.35. The van der Waals surface area contributed by atoms with Gasteiger partial charge in [-0.15, -0.1) is 0 Å². The highest BCUT2D eigenvalue weighted by molar-refractivity contribution is 5.91. The summed E-state index contributed by atoms with van der Waals surface area (Å²) in [5, 5.41) is 2.83. The molecule has 0 aliphatic heterocycles. The first-order chi connectivity index (χ1) is 11.1. The van der Waals surface area contributed by atoms with Crippen molar-refractivity contribution in [2.45, 2.75) is 46.3 Å². The average Bonchev–Trinajstić information content (AvgIpc) is 3.01. The number of hydrogen-bond acceptors (Lipinski definition) is 3. The first-order valence-corrected chi connectivity index (χ1v) is 8.25. The molecule has 23 heavy (non-hydrogen) atoms. The summed E-state index contributed by atoms with van der Waals surface area (Å²) in [4.78, 5) is 14.2. The molecule has 0 bridgehead atoms. The van der Waals surface area contributed by atoms with Crippen LogP contribution in [0.1, 0.15) is 49.1 Å². The molecule has 1 amide bonds. The van der Waals surface area contributed by atoms with E-state index in [1.54, 1.807) is 6.07 Å². The van der Waals surface area contributed by atoms with Gasteiger partial charge in [0.05, 0.1) is 6.54 Å². The van der Waals surface area contributed by atoms with Crippen LogP contribution in [0, 0.1) is 0 Å². The first kappa shape index (κ1) is 17.3. The molecule has 0 aliphatic rings. The van der Waals surface area contributed by atoms with E-state index in [1.165, 1.54) is 5.56 Å². The molecule has 2 aromatic rings. The van der Waals surface area contributed by atoms with Gasteiger partial charge in [0.15, 0.2) is 5.76 Å². The largest absolute Gasteiger partial charge is 0.455 e. The number of nitrogens with one attached hydrogen (secondary N) is 1. The maximum Gasteiger partial charge on any atom is 0.286 e. The minimum absolute atomic E-state index is 0.141. The Labute approximate surface area is 138 Å². The smallest absolute Gasteiger partial charge is 0.286 e. The van der Waals surface area contributed by atoms with E-state index in [2.05, 4.69) is 48.3 Å². The van der Waals surface area contributed by atoms with Crippen molar-refractivity contribution >= 4 is 5.91 Å².